The Morgan fingerprint density at radius 1 is 0.483 bits per heavy atom. The second-order valence-electron chi connectivity index (χ2n) is 25.1. The van der Waals surface area contributed by atoms with Crippen LogP contribution in [0.2, 0.25) is 0 Å². The second kappa shape index (κ2) is 23.9. The molecule has 6 aliphatic heterocycles. The molecular formula is C64H69F9N8O8. The van der Waals surface area contributed by atoms with Crippen molar-refractivity contribution in [1.29, 1.82) is 0 Å². The average molecular weight is 1250 g/mol. The normalized spacial score (nSPS) is 18.2. The van der Waals surface area contributed by atoms with Crippen molar-refractivity contribution in [2.75, 3.05) is 26.2 Å². The molecule has 2 saturated carbocycles. The summed E-state index contributed by atoms with van der Waals surface area (Å²) >= 11 is 0. The molecule has 0 unspecified atom stereocenters. The van der Waals surface area contributed by atoms with E-state index in [1.807, 2.05) is 38.7 Å². The van der Waals surface area contributed by atoms with Crippen molar-refractivity contribution in [2.45, 2.75) is 174 Å². The average Bonchev–Trinajstić information content (AvgIpc) is 1.71. The lowest BCUT2D eigenvalue weighted by Crippen LogP contribution is -2.53. The van der Waals surface area contributed by atoms with Crippen LogP contribution in [0.15, 0.2) is 60.8 Å². The molecule has 0 atom stereocenters. The fraction of sp³-hybridized carbons (Fsp3) is 0.484. The molecule has 89 heavy (non-hydrogen) atoms. The van der Waals surface area contributed by atoms with Crippen molar-refractivity contribution in [3.05, 3.63) is 144 Å². The van der Waals surface area contributed by atoms with E-state index >= 15 is 0 Å². The van der Waals surface area contributed by atoms with Gasteiger partial charge in [0.15, 0.2) is 0 Å². The van der Waals surface area contributed by atoms with Gasteiger partial charge >= 0.3 is 18.5 Å². The van der Waals surface area contributed by atoms with Crippen LogP contribution in [0.1, 0.15) is 205 Å². The number of nitrogens with zero attached hydrogens (tertiary/aromatic N) is 7. The molecular weight excluding hydrogens is 1180 g/mol. The molecule has 13 rings (SSSR count). The molecule has 4 fully saturated rings. The van der Waals surface area contributed by atoms with Gasteiger partial charge in [-0.05, 0) is 181 Å². The van der Waals surface area contributed by atoms with Gasteiger partial charge in [0.2, 0.25) is 0 Å². The number of β-amino-alcohol motifs (C(OH)–C–C–N with tert-alkyl or cyclic N) is 2. The molecule has 2 aliphatic carbocycles. The highest BCUT2D eigenvalue weighted by atomic mass is 19.4. The minimum absolute atomic E-state index is 0.00999. The monoisotopic (exact) mass is 1250 g/mol. The number of carbonyl (C=O) groups is 6. The second-order valence-corrected chi connectivity index (χ2v) is 25.1. The number of aromatic nitrogens is 2. The fourth-order valence-electron chi connectivity index (χ4n) is 12.0. The van der Waals surface area contributed by atoms with E-state index in [0.29, 0.717) is 53.5 Å². The molecule has 4 aromatic carbocycles. The third-order valence-corrected chi connectivity index (χ3v) is 17.4. The van der Waals surface area contributed by atoms with Crippen molar-refractivity contribution in [3.8, 4) is 11.3 Å². The number of halogens is 9. The van der Waals surface area contributed by atoms with E-state index in [-0.39, 0.29) is 125 Å². The van der Waals surface area contributed by atoms with E-state index in [4.69, 9.17) is 0 Å². The SMILES string of the molecule is CC(C)N1Cc2c(cc(-c3ccn[nH]3)cc2C(F)(F)F)C1=O.CC(C)N1Cc2c(cc(C(=O)N3CC(O)C3)cc2C(F)(F)F)C1=O.CC(C)N1Cc2c(cc(C(=O)N3CC(O)C3)cc2C2CC2)C1=O.CC(C)N1Cc2c(cc(C3CC3)cc2C(F)(F)F)C1=O. The summed E-state index contributed by atoms with van der Waals surface area (Å²) in [6.07, 6.45) is -9.05. The summed E-state index contributed by atoms with van der Waals surface area (Å²) in [5, 5.41) is 25.0. The number of aliphatic hydroxyl groups excluding tert-OH is 2. The first-order valence-electron chi connectivity index (χ1n) is 29.7. The molecule has 0 spiro atoms. The summed E-state index contributed by atoms with van der Waals surface area (Å²) in [7, 11) is 0. The molecule has 5 aromatic rings. The summed E-state index contributed by atoms with van der Waals surface area (Å²) in [5.74, 6) is -1.08. The Balaban J connectivity index is 0.000000131. The number of benzene rings is 4. The molecule has 6 amide bonds. The maximum absolute atomic E-state index is 13.4. The number of amides is 6. The Morgan fingerprint density at radius 3 is 1.21 bits per heavy atom. The van der Waals surface area contributed by atoms with Crippen LogP contribution < -0.4 is 0 Å². The summed E-state index contributed by atoms with van der Waals surface area (Å²) in [5.41, 5.74) is 2.91. The number of hydrogen-bond donors (Lipinski definition) is 3. The predicted molar refractivity (Wildman–Crippen MR) is 306 cm³/mol. The van der Waals surface area contributed by atoms with E-state index in [9.17, 15) is 78.5 Å². The minimum atomic E-state index is -4.65. The molecule has 0 radical (unpaired) electrons. The summed E-state index contributed by atoms with van der Waals surface area (Å²) in [6.45, 7) is 16.3. The zero-order valence-electron chi connectivity index (χ0n) is 50.3. The summed E-state index contributed by atoms with van der Waals surface area (Å²) < 4.78 is 120. The molecule has 0 bridgehead atoms. The van der Waals surface area contributed by atoms with E-state index in [1.54, 1.807) is 50.8 Å². The number of fused-ring (bicyclic) bond motifs is 4. The highest BCUT2D eigenvalue weighted by Gasteiger charge is 2.46. The smallest absolute Gasteiger partial charge is 0.389 e. The molecule has 476 valence electrons. The number of rotatable bonds is 9. The first kappa shape index (κ1) is 64.2. The summed E-state index contributed by atoms with van der Waals surface area (Å²) in [6, 6.07) is 12.5. The number of H-pyrrole nitrogens is 1. The van der Waals surface area contributed by atoms with Crippen LogP contribution in [0.5, 0.6) is 0 Å². The van der Waals surface area contributed by atoms with Gasteiger partial charge in [-0.15, -0.1) is 0 Å². The van der Waals surface area contributed by atoms with Crippen LogP contribution in [0.4, 0.5) is 39.5 Å². The molecule has 16 nitrogen and oxygen atoms in total. The van der Waals surface area contributed by atoms with Crippen LogP contribution in [0.25, 0.3) is 11.3 Å². The lowest BCUT2D eigenvalue weighted by molar-refractivity contribution is -0.139. The topological polar surface area (TPSA) is 191 Å². The zero-order chi connectivity index (χ0) is 64.8. The van der Waals surface area contributed by atoms with Gasteiger partial charge in [-0.3, -0.25) is 33.9 Å². The van der Waals surface area contributed by atoms with Gasteiger partial charge < -0.3 is 39.6 Å². The quantitative estimate of drug-likeness (QED) is 0.121. The standard InChI is InChI=1S/C18H22N2O3.C16H17F3N2O3.C15H14F3N3O.C15H16F3NO/c1-10(2)20-9-16-14(11-3-4-11)5-12(6-15(16)18(20)23)17(22)19-7-13(21)8-19;1-8(2)21-7-12-11(15(21)24)3-9(4-13(12)16(17,18)19)14(23)20-5-10(22)6-20;1-8(2)21-7-11-10(14(21)22)5-9(13-3-4-19-20-13)6-12(11)15(16,17)18;1-8(2)19-7-12-11(14(19)20)5-10(9-3-4-9)6-13(12)15(16,17)18/h5-6,10-11,13,21H,3-4,7-9H2,1-2H3;3-4,8,10,22H,5-7H2,1-2H3;3-6,8H,7H2,1-2H3,(H,19,20);5-6,8-9H,3-4,7H2,1-2H3. The van der Waals surface area contributed by atoms with Gasteiger partial charge in [0.25, 0.3) is 35.4 Å². The Labute approximate surface area is 507 Å². The van der Waals surface area contributed by atoms with Gasteiger partial charge in [0, 0.05) is 122 Å². The summed E-state index contributed by atoms with van der Waals surface area (Å²) in [4.78, 5) is 83.6. The number of likely N-dealkylation sites (tertiary alicyclic amines) is 2. The maximum atomic E-state index is 13.4. The third-order valence-electron chi connectivity index (χ3n) is 17.4. The number of aliphatic hydroxyl groups is 2. The Bertz CT molecular complexity index is 3640. The predicted octanol–water partition coefficient (Wildman–Crippen LogP) is 11.0. The van der Waals surface area contributed by atoms with Gasteiger partial charge in [-0.1, -0.05) is 0 Å². The maximum Gasteiger partial charge on any atom is 0.416 e. The van der Waals surface area contributed by atoms with Crippen LogP contribution >= 0.6 is 0 Å². The Hall–Kier alpha value is -7.80. The number of nitrogens with one attached hydrogen (secondary N) is 1. The van der Waals surface area contributed by atoms with E-state index < -0.39 is 59.2 Å². The van der Waals surface area contributed by atoms with E-state index in [1.165, 1.54) is 49.6 Å². The van der Waals surface area contributed by atoms with Crippen LogP contribution in [-0.2, 0) is 44.7 Å². The zero-order valence-corrected chi connectivity index (χ0v) is 50.3. The largest absolute Gasteiger partial charge is 0.416 e. The van der Waals surface area contributed by atoms with Crippen molar-refractivity contribution in [1.82, 2.24) is 39.6 Å². The van der Waals surface area contributed by atoms with Crippen molar-refractivity contribution < 1.29 is 78.5 Å². The number of alkyl halides is 9. The highest BCUT2D eigenvalue weighted by molar-refractivity contribution is 6.05. The van der Waals surface area contributed by atoms with Gasteiger partial charge in [0.05, 0.1) is 34.6 Å². The Morgan fingerprint density at radius 2 is 0.843 bits per heavy atom. The lowest BCUT2D eigenvalue weighted by Gasteiger charge is -2.36. The highest BCUT2D eigenvalue weighted by Crippen LogP contribution is 2.48. The van der Waals surface area contributed by atoms with Crippen molar-refractivity contribution in [2.24, 2.45) is 0 Å². The van der Waals surface area contributed by atoms with Gasteiger partial charge in [0.1, 0.15) is 0 Å². The first-order chi connectivity index (χ1) is 41.6. The first-order valence-corrected chi connectivity index (χ1v) is 29.7. The molecule has 2 saturated heterocycles. The number of carbonyl (C=O) groups excluding carboxylic acids is 6. The van der Waals surface area contributed by atoms with Crippen molar-refractivity contribution >= 4 is 35.4 Å². The third kappa shape index (κ3) is 12.9. The molecule has 7 heterocycles. The fourth-order valence-corrected chi connectivity index (χ4v) is 12.0. The van der Waals surface area contributed by atoms with E-state index in [0.717, 1.165) is 43.4 Å². The molecule has 1 aromatic heterocycles. The van der Waals surface area contributed by atoms with Gasteiger partial charge in [-0.25, -0.2) is 0 Å². The molecule has 8 aliphatic rings. The molecule has 25 heteroatoms. The van der Waals surface area contributed by atoms with Gasteiger partial charge in [-0.2, -0.15) is 44.6 Å². The van der Waals surface area contributed by atoms with Crippen LogP contribution in [-0.4, -0.2) is 148 Å². The number of aromatic amines is 1. The Kier molecular flexibility index (Phi) is 17.2. The molecule has 3 N–H and O–H groups in total. The minimum Gasteiger partial charge on any atom is -0.389 e. The van der Waals surface area contributed by atoms with Crippen molar-refractivity contribution in [3.63, 3.8) is 0 Å². The number of hydrogen-bond acceptors (Lipinski definition) is 9. The van der Waals surface area contributed by atoms with E-state index in [2.05, 4.69) is 10.2 Å². The lowest BCUT2D eigenvalue weighted by atomic mass is 9.95. The van der Waals surface area contributed by atoms with Crippen LogP contribution in [0, 0.1) is 0 Å². The van der Waals surface area contributed by atoms with Crippen LogP contribution in [0.3, 0.4) is 0 Å².